The van der Waals surface area contributed by atoms with E-state index >= 15 is 0 Å². The smallest absolute Gasteiger partial charge is 0.342 e. The molecule has 1 unspecified atom stereocenters. The third-order valence-electron chi connectivity index (χ3n) is 5.36. The van der Waals surface area contributed by atoms with Crippen LogP contribution < -0.4 is 0 Å². The molecule has 0 spiro atoms. The summed E-state index contributed by atoms with van der Waals surface area (Å²) < 4.78 is 14.1. The number of esters is 1. The van der Waals surface area contributed by atoms with Crippen molar-refractivity contribution in [3.05, 3.63) is 101 Å². The molecule has 1 aliphatic heterocycles. The maximum atomic E-state index is 13.0. The van der Waals surface area contributed by atoms with Crippen molar-refractivity contribution < 1.29 is 14.6 Å². The van der Waals surface area contributed by atoms with E-state index in [-0.39, 0.29) is 0 Å². The summed E-state index contributed by atoms with van der Waals surface area (Å²) in [4.78, 5) is 13.0. The van der Waals surface area contributed by atoms with Crippen molar-refractivity contribution in [2.75, 3.05) is 0 Å². The van der Waals surface area contributed by atoms with E-state index < -0.39 is 11.8 Å². The summed E-state index contributed by atoms with van der Waals surface area (Å²) in [6.07, 6.45) is 0.375. The molecule has 5 nitrogen and oxygen atoms in total. The molecule has 0 radical (unpaired) electrons. The summed E-state index contributed by atoms with van der Waals surface area (Å²) in [6, 6.07) is 22.6. The van der Waals surface area contributed by atoms with Gasteiger partial charge in [0, 0.05) is 17.6 Å². The zero-order valence-electron chi connectivity index (χ0n) is 16.2. The Kier molecular flexibility index (Phi) is 4.46. The SMILES string of the molecule is Cc1ccc(C2(O)OC(=O)C(c3ccc4nsnc4c3)=C2Cc2ccccc2)cc1. The van der Waals surface area contributed by atoms with Crippen LogP contribution in [0.2, 0.25) is 0 Å². The zero-order chi connectivity index (χ0) is 20.7. The monoisotopic (exact) mass is 414 g/mol. The quantitative estimate of drug-likeness (QED) is 0.501. The van der Waals surface area contributed by atoms with Crippen molar-refractivity contribution in [2.24, 2.45) is 0 Å². The summed E-state index contributed by atoms with van der Waals surface area (Å²) in [7, 11) is 0. The number of nitrogens with zero attached hydrogens (tertiary/aromatic N) is 2. The highest BCUT2D eigenvalue weighted by Crippen LogP contribution is 2.44. The lowest BCUT2D eigenvalue weighted by Gasteiger charge is -2.26. The number of carbonyl (C=O) groups is 1. The predicted octanol–water partition coefficient (Wildman–Crippen LogP) is 4.40. The number of rotatable bonds is 4. The zero-order valence-corrected chi connectivity index (χ0v) is 17.0. The van der Waals surface area contributed by atoms with E-state index in [0.717, 1.165) is 28.4 Å². The number of carbonyl (C=O) groups excluding carboxylic acids is 1. The van der Waals surface area contributed by atoms with Crippen LogP contribution in [0, 0.1) is 6.92 Å². The van der Waals surface area contributed by atoms with Crippen LogP contribution >= 0.6 is 11.7 Å². The number of aromatic nitrogens is 2. The van der Waals surface area contributed by atoms with Crippen LogP contribution in [0.4, 0.5) is 0 Å². The number of benzene rings is 3. The van der Waals surface area contributed by atoms with Crippen LogP contribution in [0.25, 0.3) is 16.6 Å². The summed E-state index contributed by atoms with van der Waals surface area (Å²) in [6.45, 7) is 1.97. The second-order valence-electron chi connectivity index (χ2n) is 7.38. The number of aliphatic hydroxyl groups is 1. The Hall–Kier alpha value is -3.35. The van der Waals surface area contributed by atoms with Gasteiger partial charge in [-0.2, -0.15) is 8.75 Å². The molecule has 0 amide bonds. The molecule has 0 aliphatic carbocycles. The van der Waals surface area contributed by atoms with Crippen LogP contribution in [-0.2, 0) is 21.7 Å². The third kappa shape index (κ3) is 3.10. The molecule has 2 heterocycles. The van der Waals surface area contributed by atoms with Crippen molar-refractivity contribution in [3.63, 3.8) is 0 Å². The second-order valence-corrected chi connectivity index (χ2v) is 7.91. The largest absolute Gasteiger partial charge is 0.421 e. The van der Waals surface area contributed by atoms with Crippen LogP contribution in [-0.4, -0.2) is 19.8 Å². The maximum absolute atomic E-state index is 13.0. The van der Waals surface area contributed by atoms with Gasteiger partial charge in [0.05, 0.1) is 17.3 Å². The Morgan fingerprint density at radius 3 is 2.47 bits per heavy atom. The first-order valence-electron chi connectivity index (χ1n) is 9.58. The molecule has 0 saturated heterocycles. The Morgan fingerprint density at radius 2 is 1.70 bits per heavy atom. The minimum atomic E-state index is -1.83. The average molecular weight is 414 g/mol. The molecule has 0 saturated carbocycles. The first-order chi connectivity index (χ1) is 14.5. The Balaban J connectivity index is 1.71. The normalized spacial score (nSPS) is 18.8. The molecule has 1 atom stereocenters. The Bertz CT molecular complexity index is 1280. The van der Waals surface area contributed by atoms with Gasteiger partial charge in [-0.25, -0.2) is 4.79 Å². The van der Waals surface area contributed by atoms with Gasteiger partial charge in [0.1, 0.15) is 11.0 Å². The summed E-state index contributed by atoms with van der Waals surface area (Å²) >= 11 is 1.12. The van der Waals surface area contributed by atoms with E-state index in [1.165, 1.54) is 0 Å². The van der Waals surface area contributed by atoms with E-state index in [9.17, 15) is 9.90 Å². The number of ether oxygens (including phenoxy) is 1. The van der Waals surface area contributed by atoms with E-state index in [1.54, 1.807) is 12.1 Å². The van der Waals surface area contributed by atoms with Crippen LogP contribution in [0.3, 0.4) is 0 Å². The first-order valence-corrected chi connectivity index (χ1v) is 10.3. The highest BCUT2D eigenvalue weighted by atomic mass is 32.1. The highest BCUT2D eigenvalue weighted by Gasteiger charge is 2.48. The van der Waals surface area contributed by atoms with E-state index in [1.807, 2.05) is 67.6 Å². The average Bonchev–Trinajstić information content (AvgIpc) is 3.31. The minimum absolute atomic E-state index is 0.372. The fraction of sp³-hybridized carbons (Fsp3) is 0.125. The van der Waals surface area contributed by atoms with Gasteiger partial charge in [-0.05, 0) is 30.2 Å². The molecule has 30 heavy (non-hydrogen) atoms. The minimum Gasteiger partial charge on any atom is -0.421 e. The first kappa shape index (κ1) is 18.7. The van der Waals surface area contributed by atoms with Gasteiger partial charge in [0.25, 0.3) is 5.79 Å². The highest BCUT2D eigenvalue weighted by molar-refractivity contribution is 7.00. The van der Waals surface area contributed by atoms with Crippen molar-refractivity contribution in [2.45, 2.75) is 19.1 Å². The Labute approximate surface area is 177 Å². The number of aryl methyl sites for hydroxylation is 1. The molecule has 5 rings (SSSR count). The molecule has 6 heteroatoms. The van der Waals surface area contributed by atoms with Gasteiger partial charge >= 0.3 is 5.97 Å². The Morgan fingerprint density at radius 1 is 0.967 bits per heavy atom. The van der Waals surface area contributed by atoms with Gasteiger partial charge in [-0.3, -0.25) is 0 Å². The van der Waals surface area contributed by atoms with Gasteiger partial charge < -0.3 is 9.84 Å². The number of hydrogen-bond donors (Lipinski definition) is 1. The molecule has 1 N–H and O–H groups in total. The van der Waals surface area contributed by atoms with Crippen molar-refractivity contribution in [3.8, 4) is 0 Å². The van der Waals surface area contributed by atoms with Gasteiger partial charge in [-0.15, -0.1) is 0 Å². The number of hydrogen-bond acceptors (Lipinski definition) is 6. The molecule has 4 aromatic rings. The van der Waals surface area contributed by atoms with Gasteiger partial charge in [-0.1, -0.05) is 66.2 Å². The molecular weight excluding hydrogens is 396 g/mol. The standard InChI is InChI=1S/C24H18N2O3S/c1-15-7-10-18(11-8-15)24(28)19(13-16-5-3-2-4-6-16)22(23(27)29-24)17-9-12-20-21(14-17)26-30-25-20/h2-12,14,28H,13H2,1H3. The summed E-state index contributed by atoms with van der Waals surface area (Å²) in [5.74, 6) is -2.38. The predicted molar refractivity (Wildman–Crippen MR) is 116 cm³/mol. The van der Waals surface area contributed by atoms with Gasteiger partial charge in [0.2, 0.25) is 0 Å². The number of cyclic esters (lactones) is 1. The van der Waals surface area contributed by atoms with Crippen molar-refractivity contribution >= 4 is 34.3 Å². The number of fused-ring (bicyclic) bond motifs is 1. The van der Waals surface area contributed by atoms with Crippen molar-refractivity contribution in [1.29, 1.82) is 0 Å². The maximum Gasteiger partial charge on any atom is 0.342 e. The lowest BCUT2D eigenvalue weighted by atomic mass is 9.88. The van der Waals surface area contributed by atoms with E-state index in [0.29, 0.717) is 34.2 Å². The third-order valence-corrected chi connectivity index (χ3v) is 5.92. The fourth-order valence-corrected chi connectivity index (χ4v) is 4.31. The second kappa shape index (κ2) is 7.16. The lowest BCUT2D eigenvalue weighted by molar-refractivity contribution is -0.185. The molecule has 0 fully saturated rings. The van der Waals surface area contributed by atoms with E-state index in [2.05, 4.69) is 8.75 Å². The van der Waals surface area contributed by atoms with Crippen LogP contribution in [0.15, 0.2) is 78.4 Å². The topological polar surface area (TPSA) is 72.3 Å². The van der Waals surface area contributed by atoms with E-state index in [4.69, 9.17) is 4.74 Å². The molecular formula is C24H18N2O3S. The lowest BCUT2D eigenvalue weighted by Crippen LogP contribution is -2.29. The summed E-state index contributed by atoms with van der Waals surface area (Å²) in [5, 5.41) is 11.6. The summed E-state index contributed by atoms with van der Waals surface area (Å²) in [5.41, 5.74) is 5.60. The fourth-order valence-electron chi connectivity index (χ4n) is 3.79. The van der Waals surface area contributed by atoms with Crippen molar-refractivity contribution in [1.82, 2.24) is 8.75 Å². The molecule has 3 aromatic carbocycles. The van der Waals surface area contributed by atoms with Gasteiger partial charge in [0.15, 0.2) is 0 Å². The molecule has 148 valence electrons. The molecule has 1 aromatic heterocycles. The molecule has 1 aliphatic rings. The molecule has 0 bridgehead atoms. The van der Waals surface area contributed by atoms with Crippen LogP contribution in [0.5, 0.6) is 0 Å². The van der Waals surface area contributed by atoms with Crippen LogP contribution in [0.1, 0.15) is 22.3 Å².